The molecule has 0 aliphatic rings. The molecule has 0 aliphatic carbocycles. The predicted octanol–water partition coefficient (Wildman–Crippen LogP) is 0.270. The Hall–Kier alpha value is 0.404. The van der Waals surface area contributed by atoms with E-state index in [9.17, 15) is 4.79 Å². The van der Waals surface area contributed by atoms with Crippen LogP contribution in [0.25, 0.3) is 0 Å². The van der Waals surface area contributed by atoms with Crippen LogP contribution in [0.2, 0.25) is 0 Å². The Bertz CT molecular complexity index is 106. The van der Waals surface area contributed by atoms with Crippen molar-refractivity contribution in [2.24, 2.45) is 0 Å². The third kappa shape index (κ3) is 4.26. The predicted molar refractivity (Wildman–Crippen MR) is 34.6 cm³/mol. The monoisotopic (exact) mass is 219 g/mol. The maximum atomic E-state index is 10.7. The maximum absolute atomic E-state index is 10.7. The van der Waals surface area contributed by atoms with Gasteiger partial charge in [0.25, 0.3) is 0 Å². The van der Waals surface area contributed by atoms with Crippen molar-refractivity contribution in [3.63, 3.8) is 0 Å². The van der Waals surface area contributed by atoms with Crippen LogP contribution >= 0.6 is 0 Å². The smallest absolute Gasteiger partial charge is 0.182 e. The average Bonchev–Trinajstić information content (AvgIpc) is 1.84. The third-order valence-electron chi connectivity index (χ3n) is 1.15. The number of hydrogen-bond acceptors (Lipinski definition) is 3. The summed E-state index contributed by atoms with van der Waals surface area (Å²) in [5.74, 6) is -0.278. The molecule has 10 heavy (non-hydrogen) atoms. The van der Waals surface area contributed by atoms with E-state index in [0.717, 1.165) is 0 Å². The molecule has 0 aromatic carbocycles. The van der Waals surface area contributed by atoms with E-state index in [2.05, 4.69) is 4.74 Å². The fourth-order valence-corrected chi connectivity index (χ4v) is 0.330. The number of carbonyl (C=O) groups is 1. The number of ether oxygens (including phenoxy) is 1. The molecule has 0 heterocycles. The van der Waals surface area contributed by atoms with Crippen LogP contribution in [0, 0.1) is 6.04 Å². The summed E-state index contributed by atoms with van der Waals surface area (Å²) in [5.41, 5.74) is 0. The molecule has 1 radical (unpaired) electrons. The molecule has 3 nitrogen and oxygen atoms in total. The van der Waals surface area contributed by atoms with Crippen LogP contribution in [0.4, 0.5) is 0 Å². The number of esters is 1. The van der Waals surface area contributed by atoms with Crippen LogP contribution < -0.4 is 0 Å². The minimum absolute atomic E-state index is 0. The Morgan fingerprint density at radius 1 is 1.50 bits per heavy atom. The van der Waals surface area contributed by atoms with Crippen molar-refractivity contribution in [2.75, 3.05) is 21.2 Å². The van der Waals surface area contributed by atoms with Crippen molar-refractivity contribution < 1.29 is 42.2 Å². The first-order valence-corrected chi connectivity index (χ1v) is 2.68. The van der Waals surface area contributed by atoms with E-state index in [1.165, 1.54) is 7.11 Å². The zero-order valence-electron chi connectivity index (χ0n) is 6.84. The first kappa shape index (κ1) is 13.0. The van der Waals surface area contributed by atoms with Crippen molar-refractivity contribution >= 4 is 5.97 Å². The van der Waals surface area contributed by atoms with E-state index in [-0.39, 0.29) is 38.7 Å². The number of methoxy groups -OCH3 is 1. The largest absolute Gasteiger partial charge is 0.490 e. The van der Waals surface area contributed by atoms with Gasteiger partial charge in [-0.1, -0.05) is 0 Å². The number of likely N-dealkylation sites (N-methyl/N-ethyl adjacent to an activating group) is 1. The molecule has 0 saturated heterocycles. The van der Waals surface area contributed by atoms with Crippen LogP contribution in [0.5, 0.6) is 0 Å². The molecule has 0 amide bonds. The summed E-state index contributed by atoms with van der Waals surface area (Å²) in [7, 11) is 4.97. The Labute approximate surface area is 87.0 Å². The van der Waals surface area contributed by atoms with E-state index in [0.29, 0.717) is 6.04 Å². The molecular weight excluding hydrogens is 207 g/mol. The maximum Gasteiger partial charge on any atom is 0.182 e. The number of hydrogen-bond donors (Lipinski definition) is 0. The number of nitrogens with zero attached hydrogens (tertiary/aromatic N) is 1. The molecule has 0 fully saturated rings. The molecule has 0 aromatic heterocycles. The van der Waals surface area contributed by atoms with E-state index >= 15 is 0 Å². The zero-order chi connectivity index (χ0) is 7.44. The molecule has 0 spiro atoms. The van der Waals surface area contributed by atoms with E-state index in [1.807, 2.05) is 0 Å². The molecule has 4 heteroatoms. The van der Waals surface area contributed by atoms with Gasteiger partial charge in [0, 0.05) is 32.7 Å². The summed E-state index contributed by atoms with van der Waals surface area (Å²) in [6, 6.07) is 0.609. The van der Waals surface area contributed by atoms with Gasteiger partial charge in [-0.3, -0.25) is 4.79 Å². The molecule has 57 valence electrons. The summed E-state index contributed by atoms with van der Waals surface area (Å²) < 4.78 is 4.46. The molecule has 0 aliphatic heterocycles. The minimum atomic E-state index is -0.278. The molecular formula is C6H12NO2Y-. The summed E-state index contributed by atoms with van der Waals surface area (Å²) >= 11 is 0. The molecule has 0 saturated carbocycles. The first-order valence-electron chi connectivity index (χ1n) is 2.68. The second-order valence-corrected chi connectivity index (χ2v) is 1.97. The fourth-order valence-electron chi connectivity index (χ4n) is 0.330. The Balaban J connectivity index is 0. The second kappa shape index (κ2) is 6.14. The van der Waals surface area contributed by atoms with Crippen LogP contribution in [0.15, 0.2) is 0 Å². The quantitative estimate of drug-likeness (QED) is 0.493. The van der Waals surface area contributed by atoms with Crippen molar-refractivity contribution in [1.82, 2.24) is 4.90 Å². The van der Waals surface area contributed by atoms with Gasteiger partial charge in [0.15, 0.2) is 5.97 Å². The van der Waals surface area contributed by atoms with Crippen molar-refractivity contribution in [3.8, 4) is 0 Å². The van der Waals surface area contributed by atoms with Crippen LogP contribution in [-0.2, 0) is 42.2 Å². The van der Waals surface area contributed by atoms with Gasteiger partial charge in [-0.25, -0.2) is 6.04 Å². The summed E-state index contributed by atoms with van der Waals surface area (Å²) in [6.45, 7) is 1.71. The van der Waals surface area contributed by atoms with Gasteiger partial charge in [0.1, 0.15) is 0 Å². The average molecular weight is 219 g/mol. The summed E-state index contributed by atoms with van der Waals surface area (Å²) in [5, 5.41) is 0. The van der Waals surface area contributed by atoms with Crippen molar-refractivity contribution in [3.05, 3.63) is 6.04 Å². The third-order valence-corrected chi connectivity index (χ3v) is 1.15. The van der Waals surface area contributed by atoms with Gasteiger partial charge in [-0.05, 0) is 14.1 Å². The van der Waals surface area contributed by atoms with Crippen molar-refractivity contribution in [2.45, 2.75) is 6.92 Å². The van der Waals surface area contributed by atoms with Gasteiger partial charge >= 0.3 is 0 Å². The molecule has 0 unspecified atom stereocenters. The molecule has 0 N–H and O–H groups in total. The van der Waals surface area contributed by atoms with E-state index < -0.39 is 0 Å². The van der Waals surface area contributed by atoms with E-state index in [4.69, 9.17) is 0 Å². The van der Waals surface area contributed by atoms with Crippen LogP contribution in [0.1, 0.15) is 6.92 Å². The van der Waals surface area contributed by atoms with Gasteiger partial charge < -0.3 is 9.64 Å². The van der Waals surface area contributed by atoms with Gasteiger partial charge in [0.2, 0.25) is 0 Å². The van der Waals surface area contributed by atoms with Crippen LogP contribution in [-0.4, -0.2) is 32.1 Å². The SMILES string of the molecule is COC(=O)[C-](C)N(C)C.[Y]. The Morgan fingerprint density at radius 2 is 1.90 bits per heavy atom. The fraction of sp³-hybridized carbons (Fsp3) is 0.667. The Kier molecular flexibility index (Phi) is 7.99. The number of rotatable bonds is 2. The van der Waals surface area contributed by atoms with Gasteiger partial charge in [-0.15, -0.1) is 0 Å². The molecule has 0 bridgehead atoms. The van der Waals surface area contributed by atoms with E-state index in [1.54, 1.807) is 25.9 Å². The van der Waals surface area contributed by atoms with Gasteiger partial charge in [-0.2, -0.15) is 6.92 Å². The summed E-state index contributed by atoms with van der Waals surface area (Å²) in [6.07, 6.45) is 0. The second-order valence-electron chi connectivity index (χ2n) is 1.97. The zero-order valence-corrected chi connectivity index (χ0v) is 9.68. The first-order chi connectivity index (χ1) is 4.09. The molecule has 0 atom stereocenters. The Morgan fingerprint density at radius 3 is 2.00 bits per heavy atom. The van der Waals surface area contributed by atoms with Gasteiger partial charge in [0.05, 0.1) is 7.11 Å². The standard InChI is InChI=1S/C6H12NO2.Y/c1-5(7(2)3)6(8)9-4;/h1-4H3;/q-1;. The normalized spacial score (nSPS) is 8.50. The molecule has 0 rings (SSSR count). The number of carbonyl (C=O) groups excluding carboxylic acids is 1. The van der Waals surface area contributed by atoms with Crippen molar-refractivity contribution in [1.29, 1.82) is 0 Å². The molecule has 0 aromatic rings. The van der Waals surface area contributed by atoms with Crippen LogP contribution in [0.3, 0.4) is 0 Å². The summed E-state index contributed by atoms with van der Waals surface area (Å²) in [4.78, 5) is 12.4. The topological polar surface area (TPSA) is 29.5 Å². The minimum Gasteiger partial charge on any atom is -0.490 e.